The number of aliphatic hydroxyl groups is 1. The van der Waals surface area contributed by atoms with Crippen molar-refractivity contribution < 1.29 is 5.11 Å². The number of aromatic nitrogens is 4. The lowest BCUT2D eigenvalue weighted by molar-refractivity contribution is 0.151. The van der Waals surface area contributed by atoms with Crippen LogP contribution in [0.1, 0.15) is 18.7 Å². The molecule has 3 aromatic heterocycles. The van der Waals surface area contributed by atoms with E-state index < -0.39 is 5.60 Å². The van der Waals surface area contributed by atoms with Gasteiger partial charge in [0.2, 0.25) is 0 Å². The summed E-state index contributed by atoms with van der Waals surface area (Å²) in [5.41, 5.74) is 3.19. The van der Waals surface area contributed by atoms with E-state index in [4.69, 9.17) is 0 Å². The molecular formula is C16H19N5O. The van der Waals surface area contributed by atoms with Gasteiger partial charge in [0.25, 0.3) is 0 Å². The van der Waals surface area contributed by atoms with E-state index in [-0.39, 0.29) is 0 Å². The van der Waals surface area contributed by atoms with Gasteiger partial charge < -0.3 is 20.0 Å². The first-order valence-electron chi connectivity index (χ1n) is 7.47. The molecule has 6 heteroatoms. The SMILES string of the molecule is C=C(Cc1nc2cnc3[nH]ccc3c2n1C)NCC1(O)CC1. The van der Waals surface area contributed by atoms with E-state index in [0.717, 1.165) is 46.4 Å². The summed E-state index contributed by atoms with van der Waals surface area (Å²) < 4.78 is 2.09. The summed E-state index contributed by atoms with van der Waals surface area (Å²) in [6.07, 6.45) is 6.06. The van der Waals surface area contributed by atoms with Gasteiger partial charge >= 0.3 is 0 Å². The summed E-state index contributed by atoms with van der Waals surface area (Å²) in [6, 6.07) is 2.02. The molecule has 0 radical (unpaired) electrons. The first-order chi connectivity index (χ1) is 10.6. The fourth-order valence-electron chi connectivity index (χ4n) is 2.78. The minimum Gasteiger partial charge on any atom is -0.388 e. The van der Waals surface area contributed by atoms with Gasteiger partial charge in [-0.2, -0.15) is 0 Å². The Bertz CT molecular complexity index is 871. The zero-order valence-electron chi connectivity index (χ0n) is 12.6. The second-order valence-corrected chi connectivity index (χ2v) is 6.18. The Morgan fingerprint density at radius 1 is 1.55 bits per heavy atom. The number of hydrogen-bond donors (Lipinski definition) is 3. The van der Waals surface area contributed by atoms with E-state index in [0.29, 0.717) is 13.0 Å². The van der Waals surface area contributed by atoms with Crippen molar-refractivity contribution in [3.63, 3.8) is 0 Å². The number of hydrogen-bond acceptors (Lipinski definition) is 4. The maximum atomic E-state index is 9.87. The zero-order chi connectivity index (χ0) is 15.3. The van der Waals surface area contributed by atoms with E-state index in [9.17, 15) is 5.11 Å². The van der Waals surface area contributed by atoms with Crippen molar-refractivity contribution in [1.29, 1.82) is 0 Å². The molecule has 4 rings (SSSR count). The number of pyridine rings is 1. The van der Waals surface area contributed by atoms with Crippen LogP contribution >= 0.6 is 0 Å². The predicted octanol–water partition coefficient (Wildman–Crippen LogP) is 1.62. The molecule has 0 atom stereocenters. The van der Waals surface area contributed by atoms with Gasteiger partial charge in [0.1, 0.15) is 17.0 Å². The first-order valence-corrected chi connectivity index (χ1v) is 7.47. The second-order valence-electron chi connectivity index (χ2n) is 6.18. The van der Waals surface area contributed by atoms with E-state index in [2.05, 4.69) is 31.4 Å². The molecule has 114 valence electrons. The molecule has 0 unspecified atom stereocenters. The summed E-state index contributed by atoms with van der Waals surface area (Å²) in [7, 11) is 2.01. The van der Waals surface area contributed by atoms with Crippen molar-refractivity contribution in [2.45, 2.75) is 24.9 Å². The van der Waals surface area contributed by atoms with Crippen molar-refractivity contribution >= 4 is 22.1 Å². The topological polar surface area (TPSA) is 78.8 Å². The lowest BCUT2D eigenvalue weighted by Crippen LogP contribution is -2.28. The highest BCUT2D eigenvalue weighted by molar-refractivity contribution is 6.01. The third kappa shape index (κ3) is 2.16. The number of fused-ring (bicyclic) bond motifs is 3. The van der Waals surface area contributed by atoms with E-state index in [1.165, 1.54) is 0 Å². The minimum absolute atomic E-state index is 0.517. The number of rotatable bonds is 5. The van der Waals surface area contributed by atoms with Gasteiger partial charge in [-0.05, 0) is 18.9 Å². The molecule has 3 aromatic rings. The van der Waals surface area contributed by atoms with Crippen molar-refractivity contribution in [2.24, 2.45) is 7.05 Å². The highest BCUT2D eigenvalue weighted by atomic mass is 16.3. The molecule has 0 spiro atoms. The highest BCUT2D eigenvalue weighted by Gasteiger charge is 2.39. The van der Waals surface area contributed by atoms with Gasteiger partial charge in [-0.25, -0.2) is 9.97 Å². The molecule has 1 fully saturated rings. The smallest absolute Gasteiger partial charge is 0.139 e. The zero-order valence-corrected chi connectivity index (χ0v) is 12.6. The van der Waals surface area contributed by atoms with Crippen molar-refractivity contribution in [1.82, 2.24) is 24.8 Å². The Morgan fingerprint density at radius 2 is 2.36 bits per heavy atom. The summed E-state index contributed by atoms with van der Waals surface area (Å²) in [5, 5.41) is 14.2. The van der Waals surface area contributed by atoms with Gasteiger partial charge in [0.05, 0.1) is 17.3 Å². The number of aromatic amines is 1. The molecule has 0 aromatic carbocycles. The number of H-pyrrole nitrogens is 1. The van der Waals surface area contributed by atoms with Crippen LogP contribution in [0.15, 0.2) is 30.7 Å². The number of imidazole rings is 1. The van der Waals surface area contributed by atoms with Gasteiger partial charge in [0, 0.05) is 37.3 Å². The van der Waals surface area contributed by atoms with Gasteiger partial charge in [-0.1, -0.05) is 6.58 Å². The maximum absolute atomic E-state index is 9.87. The lowest BCUT2D eigenvalue weighted by Gasteiger charge is -2.13. The van der Waals surface area contributed by atoms with Gasteiger partial charge in [0.15, 0.2) is 0 Å². The molecule has 0 saturated heterocycles. The average molecular weight is 297 g/mol. The molecule has 0 aliphatic heterocycles. The summed E-state index contributed by atoms with van der Waals surface area (Å²) in [5.74, 6) is 0.936. The molecule has 3 N–H and O–H groups in total. The van der Waals surface area contributed by atoms with Crippen LogP contribution in [0.3, 0.4) is 0 Å². The van der Waals surface area contributed by atoms with E-state index in [1.54, 1.807) is 6.20 Å². The third-order valence-corrected chi connectivity index (χ3v) is 4.38. The van der Waals surface area contributed by atoms with Crippen LogP contribution in [0, 0.1) is 0 Å². The molecule has 1 saturated carbocycles. The number of aryl methyl sites for hydroxylation is 1. The molecule has 0 amide bonds. The first kappa shape index (κ1) is 13.3. The molecule has 22 heavy (non-hydrogen) atoms. The van der Waals surface area contributed by atoms with Crippen LogP contribution in [0.2, 0.25) is 0 Å². The van der Waals surface area contributed by atoms with Crippen LogP contribution in [0.5, 0.6) is 0 Å². The molecule has 0 bridgehead atoms. The third-order valence-electron chi connectivity index (χ3n) is 4.38. The number of allylic oxidation sites excluding steroid dienone is 1. The number of nitrogens with zero attached hydrogens (tertiary/aromatic N) is 3. The molecule has 3 heterocycles. The minimum atomic E-state index is -0.517. The highest BCUT2D eigenvalue weighted by Crippen LogP contribution is 2.34. The summed E-state index contributed by atoms with van der Waals surface area (Å²) in [6.45, 7) is 4.62. The van der Waals surface area contributed by atoms with Crippen LogP contribution in [0.25, 0.3) is 22.1 Å². The predicted molar refractivity (Wildman–Crippen MR) is 85.4 cm³/mol. The molecule has 1 aliphatic rings. The Kier molecular flexibility index (Phi) is 2.77. The summed E-state index contributed by atoms with van der Waals surface area (Å²) in [4.78, 5) is 12.2. The monoisotopic (exact) mass is 297 g/mol. The van der Waals surface area contributed by atoms with Crippen molar-refractivity contribution in [3.8, 4) is 0 Å². The Hall–Kier alpha value is -2.34. The largest absolute Gasteiger partial charge is 0.388 e. The van der Waals surface area contributed by atoms with Crippen LogP contribution in [-0.4, -0.2) is 36.8 Å². The van der Waals surface area contributed by atoms with Gasteiger partial charge in [-0.15, -0.1) is 0 Å². The molecule has 1 aliphatic carbocycles. The second kappa shape index (κ2) is 4.58. The Morgan fingerprint density at radius 3 is 3.14 bits per heavy atom. The Labute approximate surface area is 127 Å². The van der Waals surface area contributed by atoms with Crippen LogP contribution in [-0.2, 0) is 13.5 Å². The number of nitrogens with one attached hydrogen (secondary N) is 2. The molecule has 6 nitrogen and oxygen atoms in total. The average Bonchev–Trinajstić information content (AvgIpc) is 2.93. The van der Waals surface area contributed by atoms with E-state index >= 15 is 0 Å². The molecular weight excluding hydrogens is 278 g/mol. The van der Waals surface area contributed by atoms with Gasteiger partial charge in [-0.3, -0.25) is 0 Å². The van der Waals surface area contributed by atoms with Crippen molar-refractivity contribution in [2.75, 3.05) is 6.54 Å². The fraction of sp³-hybridized carbons (Fsp3) is 0.375. The fourth-order valence-corrected chi connectivity index (χ4v) is 2.78. The standard InChI is InChI=1S/C16H19N5O/c1-10(19-9-16(22)4-5-16)7-13-20-12-8-18-15-11(3-6-17-15)14(12)21(13)2/h3,6,8,19,22H,1,4-5,7,9H2,2H3,(H,17,18). The van der Waals surface area contributed by atoms with Crippen molar-refractivity contribution in [3.05, 3.63) is 36.6 Å². The lowest BCUT2D eigenvalue weighted by atomic mass is 10.2. The quantitative estimate of drug-likeness (QED) is 0.668. The summed E-state index contributed by atoms with van der Waals surface area (Å²) >= 11 is 0. The van der Waals surface area contributed by atoms with Crippen LogP contribution in [0.4, 0.5) is 0 Å². The normalized spacial score (nSPS) is 16.3. The Balaban J connectivity index is 1.61. The maximum Gasteiger partial charge on any atom is 0.139 e. The van der Waals surface area contributed by atoms with Crippen LogP contribution < -0.4 is 5.32 Å². The van der Waals surface area contributed by atoms with E-state index in [1.807, 2.05) is 19.3 Å².